The van der Waals surface area contributed by atoms with E-state index in [-0.39, 0.29) is 35.4 Å². The molecule has 5 nitrogen and oxygen atoms in total. The van der Waals surface area contributed by atoms with E-state index in [9.17, 15) is 19.8 Å². The van der Waals surface area contributed by atoms with Crippen molar-refractivity contribution in [1.82, 2.24) is 0 Å². The van der Waals surface area contributed by atoms with Crippen LogP contribution in [0.2, 0.25) is 0 Å². The van der Waals surface area contributed by atoms with E-state index in [0.717, 1.165) is 18.3 Å². The standard InChI is InChI=1S/C22H30O5/c1-11-15-14(27-11)7-12-13-5-6-22(26)9-21(13,8-19(22,2)3)17(18(24)25)16(12)20(15,4)10-23/h7,10-11,13-17,26H,5-6,8-9H2,1-4H3,(H,24,25). The van der Waals surface area contributed by atoms with Gasteiger partial charge in [-0.2, -0.15) is 0 Å². The molecule has 0 aromatic heterocycles. The van der Waals surface area contributed by atoms with Crippen LogP contribution in [0, 0.1) is 39.9 Å². The van der Waals surface area contributed by atoms with Crippen molar-refractivity contribution in [3.8, 4) is 0 Å². The van der Waals surface area contributed by atoms with Crippen LogP contribution < -0.4 is 0 Å². The number of aliphatic carboxylic acids is 1. The molecule has 0 radical (unpaired) electrons. The summed E-state index contributed by atoms with van der Waals surface area (Å²) in [5.41, 5.74) is -1.19. The number of ether oxygens (including phenoxy) is 1. The zero-order chi connectivity index (χ0) is 19.6. The van der Waals surface area contributed by atoms with E-state index in [4.69, 9.17) is 4.74 Å². The number of carboxylic acid groups (broad SMARTS) is 1. The molecule has 4 aliphatic carbocycles. The summed E-state index contributed by atoms with van der Waals surface area (Å²) >= 11 is 0. The predicted octanol–water partition coefficient (Wildman–Crippen LogP) is 2.81. The normalized spacial score (nSPS) is 57.0. The summed E-state index contributed by atoms with van der Waals surface area (Å²) in [7, 11) is 0. The van der Waals surface area contributed by atoms with Crippen LogP contribution >= 0.6 is 0 Å². The lowest BCUT2D eigenvalue weighted by molar-refractivity contribution is -0.211. The van der Waals surface area contributed by atoms with Gasteiger partial charge in [-0.1, -0.05) is 32.4 Å². The van der Waals surface area contributed by atoms with Gasteiger partial charge in [-0.05, 0) is 49.4 Å². The Morgan fingerprint density at radius 3 is 2.59 bits per heavy atom. The molecule has 5 aliphatic rings. The highest BCUT2D eigenvalue weighted by molar-refractivity contribution is 5.77. The SMILES string of the molecule is CC1OC2C=C3C(C(C(=O)O)C45CC(C)(C)C(O)(CCC34)C5)C(C)(C=O)C12. The molecule has 2 N–H and O–H groups in total. The predicted molar refractivity (Wildman–Crippen MR) is 97.8 cm³/mol. The van der Waals surface area contributed by atoms with Crippen molar-refractivity contribution in [1.29, 1.82) is 0 Å². The van der Waals surface area contributed by atoms with Gasteiger partial charge in [0.25, 0.3) is 0 Å². The number of carbonyl (C=O) groups is 2. The number of carbonyl (C=O) groups excluding carboxylic acids is 1. The van der Waals surface area contributed by atoms with E-state index in [1.54, 1.807) is 0 Å². The summed E-state index contributed by atoms with van der Waals surface area (Å²) in [5.74, 6) is -1.55. The Hall–Kier alpha value is -1.20. The largest absolute Gasteiger partial charge is 0.481 e. The van der Waals surface area contributed by atoms with Crippen molar-refractivity contribution in [2.24, 2.45) is 39.9 Å². The molecule has 5 heteroatoms. The molecule has 1 aliphatic heterocycles. The highest BCUT2D eigenvalue weighted by atomic mass is 16.5. The summed E-state index contributed by atoms with van der Waals surface area (Å²) < 4.78 is 5.93. The zero-order valence-corrected chi connectivity index (χ0v) is 16.6. The third-order valence-electron chi connectivity index (χ3n) is 9.40. The van der Waals surface area contributed by atoms with Gasteiger partial charge in [0.2, 0.25) is 0 Å². The van der Waals surface area contributed by atoms with E-state index < -0.39 is 28.3 Å². The van der Waals surface area contributed by atoms with E-state index in [0.29, 0.717) is 19.3 Å². The maximum atomic E-state index is 12.6. The molecule has 0 aromatic rings. The molecule has 5 rings (SSSR count). The van der Waals surface area contributed by atoms with Gasteiger partial charge in [-0.3, -0.25) is 4.79 Å². The van der Waals surface area contributed by atoms with Crippen molar-refractivity contribution < 1.29 is 24.5 Å². The van der Waals surface area contributed by atoms with Crippen molar-refractivity contribution in [2.45, 2.75) is 71.2 Å². The van der Waals surface area contributed by atoms with Gasteiger partial charge in [-0.25, -0.2) is 0 Å². The second kappa shape index (κ2) is 4.85. The number of hydrogen-bond acceptors (Lipinski definition) is 4. The molecule has 4 fully saturated rings. The fourth-order valence-electron chi connectivity index (χ4n) is 8.33. The summed E-state index contributed by atoms with van der Waals surface area (Å²) in [6.07, 6.45) is 5.79. The second-order valence-electron chi connectivity index (χ2n) is 10.9. The van der Waals surface area contributed by atoms with E-state index in [2.05, 4.69) is 19.9 Å². The summed E-state index contributed by atoms with van der Waals surface area (Å²) in [5, 5.41) is 21.7. The second-order valence-corrected chi connectivity index (χ2v) is 10.9. The Labute approximate surface area is 160 Å². The van der Waals surface area contributed by atoms with Gasteiger partial charge < -0.3 is 19.7 Å². The van der Waals surface area contributed by atoms with Crippen LogP contribution in [-0.4, -0.2) is 40.3 Å². The molecule has 2 bridgehead atoms. The van der Waals surface area contributed by atoms with Crippen LogP contribution in [0.3, 0.4) is 0 Å². The third-order valence-corrected chi connectivity index (χ3v) is 9.40. The van der Waals surface area contributed by atoms with Gasteiger partial charge in [0.1, 0.15) is 6.29 Å². The molecule has 27 heavy (non-hydrogen) atoms. The van der Waals surface area contributed by atoms with Gasteiger partial charge in [0.15, 0.2) is 0 Å². The minimum atomic E-state index is -0.814. The Balaban J connectivity index is 1.72. The molecule has 1 spiro atoms. The van der Waals surface area contributed by atoms with E-state index >= 15 is 0 Å². The van der Waals surface area contributed by atoms with Crippen molar-refractivity contribution in [3.63, 3.8) is 0 Å². The molecule has 1 heterocycles. The summed E-state index contributed by atoms with van der Waals surface area (Å²) in [6, 6.07) is 0. The van der Waals surface area contributed by atoms with Crippen molar-refractivity contribution in [2.75, 3.05) is 0 Å². The molecule has 1 saturated heterocycles. The quantitative estimate of drug-likeness (QED) is 0.574. The number of allylic oxidation sites excluding steroid dienone is 1. The van der Waals surface area contributed by atoms with Crippen molar-refractivity contribution in [3.05, 3.63) is 11.6 Å². The number of hydrogen-bond donors (Lipinski definition) is 2. The Morgan fingerprint density at radius 2 is 2.00 bits per heavy atom. The lowest BCUT2D eigenvalue weighted by Crippen LogP contribution is -2.61. The maximum Gasteiger partial charge on any atom is 0.307 e. The first-order chi connectivity index (χ1) is 12.5. The fourth-order valence-corrected chi connectivity index (χ4v) is 8.33. The Kier molecular flexibility index (Phi) is 3.21. The third kappa shape index (κ3) is 1.79. The molecule has 9 unspecified atom stereocenters. The lowest BCUT2D eigenvalue weighted by Gasteiger charge is -2.56. The van der Waals surface area contributed by atoms with Crippen LogP contribution in [-0.2, 0) is 14.3 Å². The Bertz CT molecular complexity index is 767. The van der Waals surface area contributed by atoms with E-state index in [1.807, 2.05) is 13.8 Å². The smallest absolute Gasteiger partial charge is 0.307 e. The van der Waals surface area contributed by atoms with Gasteiger partial charge >= 0.3 is 5.97 Å². The number of fused-ring (bicyclic) bond motifs is 4. The van der Waals surface area contributed by atoms with Gasteiger partial charge in [0.05, 0.1) is 23.7 Å². The first kappa shape index (κ1) is 17.9. The number of rotatable bonds is 2. The minimum Gasteiger partial charge on any atom is -0.481 e. The Morgan fingerprint density at radius 1 is 1.30 bits per heavy atom. The van der Waals surface area contributed by atoms with Crippen LogP contribution in [0.5, 0.6) is 0 Å². The first-order valence-electron chi connectivity index (χ1n) is 10.3. The molecule has 9 atom stereocenters. The lowest BCUT2D eigenvalue weighted by atomic mass is 9.55. The highest BCUT2D eigenvalue weighted by Crippen LogP contribution is 2.76. The highest BCUT2D eigenvalue weighted by Gasteiger charge is 2.76. The number of aldehydes is 1. The monoisotopic (exact) mass is 374 g/mol. The molecule has 0 aromatic carbocycles. The molecular formula is C22H30O5. The minimum absolute atomic E-state index is 0.0328. The number of carboxylic acids is 1. The van der Waals surface area contributed by atoms with Crippen LogP contribution in [0.1, 0.15) is 53.4 Å². The van der Waals surface area contributed by atoms with Gasteiger partial charge in [-0.15, -0.1) is 0 Å². The molecule has 0 amide bonds. The molecule has 3 saturated carbocycles. The molecule has 148 valence electrons. The average Bonchev–Trinajstić information content (AvgIpc) is 2.90. The van der Waals surface area contributed by atoms with E-state index in [1.165, 1.54) is 0 Å². The summed E-state index contributed by atoms with van der Waals surface area (Å²) in [6.45, 7) is 8.08. The van der Waals surface area contributed by atoms with Crippen LogP contribution in [0.4, 0.5) is 0 Å². The first-order valence-corrected chi connectivity index (χ1v) is 10.3. The zero-order valence-electron chi connectivity index (χ0n) is 16.6. The van der Waals surface area contributed by atoms with Crippen molar-refractivity contribution >= 4 is 12.3 Å². The fraction of sp³-hybridized carbons (Fsp3) is 0.818. The van der Waals surface area contributed by atoms with Crippen LogP contribution in [0.25, 0.3) is 0 Å². The topological polar surface area (TPSA) is 83.8 Å². The average molecular weight is 374 g/mol. The van der Waals surface area contributed by atoms with Crippen LogP contribution in [0.15, 0.2) is 11.6 Å². The maximum absolute atomic E-state index is 12.6. The summed E-state index contributed by atoms with van der Waals surface area (Å²) in [4.78, 5) is 25.0. The number of aliphatic hydroxyl groups is 1. The molecular weight excluding hydrogens is 344 g/mol. The van der Waals surface area contributed by atoms with Gasteiger partial charge in [0, 0.05) is 17.3 Å².